The largest absolute Gasteiger partial charge is 0.338 e. The van der Waals surface area contributed by atoms with Crippen LogP contribution in [0, 0.1) is 5.92 Å². The second-order valence-corrected chi connectivity index (χ2v) is 5.17. The minimum Gasteiger partial charge on any atom is -0.338 e. The molecule has 0 aromatic heterocycles. The predicted octanol–water partition coefficient (Wildman–Crippen LogP) is 1.81. The maximum absolute atomic E-state index is 12.2. The number of hydrogen-bond donors (Lipinski definition) is 1. The number of nitrogens with zero attached hydrogens (tertiary/aromatic N) is 1. The Bertz CT molecular complexity index is 243. The molecule has 3 nitrogen and oxygen atoms in total. The van der Waals surface area contributed by atoms with Gasteiger partial charge in [0.1, 0.15) is 0 Å². The summed E-state index contributed by atoms with van der Waals surface area (Å²) in [5.41, 5.74) is 0. The Morgan fingerprint density at radius 2 is 1.94 bits per heavy atom. The van der Waals surface area contributed by atoms with Crippen molar-refractivity contribution in [3.63, 3.8) is 0 Å². The number of amides is 1. The lowest BCUT2D eigenvalue weighted by atomic mass is 10.0. The van der Waals surface area contributed by atoms with Crippen LogP contribution in [-0.4, -0.2) is 36.0 Å². The van der Waals surface area contributed by atoms with E-state index < -0.39 is 0 Å². The van der Waals surface area contributed by atoms with Crippen molar-refractivity contribution in [2.45, 2.75) is 51.6 Å². The van der Waals surface area contributed by atoms with Crippen LogP contribution in [0.4, 0.5) is 0 Å². The van der Waals surface area contributed by atoms with Gasteiger partial charge in [0.05, 0.1) is 6.04 Å². The summed E-state index contributed by atoms with van der Waals surface area (Å²) in [5, 5.41) is 3.21. The number of carbonyl (C=O) groups excluding carboxylic acids is 1. The molecule has 0 spiro atoms. The molecule has 0 aromatic rings. The van der Waals surface area contributed by atoms with Gasteiger partial charge in [-0.1, -0.05) is 13.3 Å². The molecule has 1 N–H and O–H groups in total. The SMILES string of the molecule is CC1CCCC(C)N(C(=O)[C@H]2CCN2)C1.Cl. The van der Waals surface area contributed by atoms with Gasteiger partial charge in [0.25, 0.3) is 0 Å². The molecule has 16 heavy (non-hydrogen) atoms. The minimum atomic E-state index is 0. The van der Waals surface area contributed by atoms with E-state index in [-0.39, 0.29) is 18.4 Å². The summed E-state index contributed by atoms with van der Waals surface area (Å²) in [6, 6.07) is 0.558. The average Bonchev–Trinajstić information content (AvgIpc) is 2.25. The van der Waals surface area contributed by atoms with Crippen LogP contribution in [0.3, 0.4) is 0 Å². The second-order valence-electron chi connectivity index (χ2n) is 5.17. The quantitative estimate of drug-likeness (QED) is 0.766. The second kappa shape index (κ2) is 5.87. The number of hydrogen-bond acceptors (Lipinski definition) is 2. The molecule has 3 atom stereocenters. The normalized spacial score (nSPS) is 34.6. The third-order valence-electron chi connectivity index (χ3n) is 3.76. The maximum atomic E-state index is 12.2. The van der Waals surface area contributed by atoms with Gasteiger partial charge in [-0.3, -0.25) is 4.79 Å². The number of rotatable bonds is 1. The zero-order valence-corrected chi connectivity index (χ0v) is 11.1. The van der Waals surface area contributed by atoms with Crippen molar-refractivity contribution in [3.05, 3.63) is 0 Å². The molecule has 0 radical (unpaired) electrons. The van der Waals surface area contributed by atoms with E-state index in [2.05, 4.69) is 24.1 Å². The zero-order valence-electron chi connectivity index (χ0n) is 10.2. The van der Waals surface area contributed by atoms with Gasteiger partial charge >= 0.3 is 0 Å². The highest BCUT2D eigenvalue weighted by Gasteiger charge is 2.32. The molecule has 2 unspecified atom stereocenters. The summed E-state index contributed by atoms with van der Waals surface area (Å²) in [4.78, 5) is 14.3. The summed E-state index contributed by atoms with van der Waals surface area (Å²) in [6.45, 7) is 6.41. The van der Waals surface area contributed by atoms with Gasteiger partial charge in [0, 0.05) is 12.6 Å². The number of nitrogens with one attached hydrogen (secondary N) is 1. The van der Waals surface area contributed by atoms with Crippen LogP contribution in [0.25, 0.3) is 0 Å². The van der Waals surface area contributed by atoms with Crippen molar-refractivity contribution >= 4 is 18.3 Å². The molecule has 2 fully saturated rings. The maximum Gasteiger partial charge on any atom is 0.240 e. The fraction of sp³-hybridized carbons (Fsp3) is 0.917. The zero-order chi connectivity index (χ0) is 10.8. The molecule has 2 saturated heterocycles. The third kappa shape index (κ3) is 2.89. The van der Waals surface area contributed by atoms with Crippen LogP contribution in [-0.2, 0) is 4.79 Å². The van der Waals surface area contributed by atoms with Crippen molar-refractivity contribution in [1.29, 1.82) is 0 Å². The summed E-state index contributed by atoms with van der Waals surface area (Å²) in [5.74, 6) is 1.00. The van der Waals surface area contributed by atoms with Crippen LogP contribution in [0.15, 0.2) is 0 Å². The lowest BCUT2D eigenvalue weighted by Gasteiger charge is -2.36. The van der Waals surface area contributed by atoms with Crippen molar-refractivity contribution in [1.82, 2.24) is 10.2 Å². The molecule has 2 heterocycles. The van der Waals surface area contributed by atoms with E-state index in [4.69, 9.17) is 0 Å². The number of halogens is 1. The molecule has 0 bridgehead atoms. The van der Waals surface area contributed by atoms with E-state index in [1.165, 1.54) is 19.3 Å². The van der Waals surface area contributed by atoms with Gasteiger partial charge in [0.15, 0.2) is 0 Å². The molecule has 2 rings (SSSR count). The smallest absolute Gasteiger partial charge is 0.240 e. The number of likely N-dealkylation sites (tertiary alicyclic amines) is 1. The summed E-state index contributed by atoms with van der Waals surface area (Å²) < 4.78 is 0. The predicted molar refractivity (Wildman–Crippen MR) is 67.8 cm³/mol. The Labute approximate surface area is 104 Å². The molecule has 2 aliphatic heterocycles. The highest BCUT2D eigenvalue weighted by molar-refractivity contribution is 5.85. The van der Waals surface area contributed by atoms with Gasteiger partial charge < -0.3 is 10.2 Å². The standard InChI is InChI=1S/C12H22N2O.ClH/c1-9-4-3-5-10(2)14(8-9)12(15)11-6-7-13-11;/h9-11,13H,3-8H2,1-2H3;1H/t9?,10?,11-;/m1./s1. The first kappa shape index (κ1) is 13.8. The molecule has 4 heteroatoms. The Morgan fingerprint density at radius 3 is 2.50 bits per heavy atom. The van der Waals surface area contributed by atoms with Gasteiger partial charge in [-0.15, -0.1) is 12.4 Å². The first-order valence-electron chi connectivity index (χ1n) is 6.22. The molecule has 94 valence electrons. The van der Waals surface area contributed by atoms with E-state index in [1.807, 2.05) is 0 Å². The molecule has 0 aromatic carbocycles. The molecule has 1 amide bonds. The Morgan fingerprint density at radius 1 is 1.25 bits per heavy atom. The highest BCUT2D eigenvalue weighted by Crippen LogP contribution is 2.22. The minimum absolute atomic E-state index is 0. The van der Waals surface area contributed by atoms with E-state index in [1.54, 1.807) is 0 Å². The van der Waals surface area contributed by atoms with Crippen molar-refractivity contribution in [3.8, 4) is 0 Å². The fourth-order valence-electron chi connectivity index (χ4n) is 2.53. The van der Waals surface area contributed by atoms with Gasteiger partial charge in [-0.25, -0.2) is 0 Å². The van der Waals surface area contributed by atoms with Gasteiger partial charge in [0.2, 0.25) is 5.91 Å². The average molecular weight is 247 g/mol. The van der Waals surface area contributed by atoms with Crippen molar-refractivity contribution in [2.75, 3.05) is 13.1 Å². The highest BCUT2D eigenvalue weighted by atomic mass is 35.5. The summed E-state index contributed by atoms with van der Waals surface area (Å²) in [6.07, 6.45) is 4.73. The van der Waals surface area contributed by atoms with Gasteiger partial charge in [-0.05, 0) is 38.6 Å². The summed E-state index contributed by atoms with van der Waals surface area (Å²) in [7, 11) is 0. The van der Waals surface area contributed by atoms with Crippen LogP contribution < -0.4 is 5.32 Å². The Balaban J connectivity index is 0.00000128. The lowest BCUT2D eigenvalue weighted by molar-refractivity contribution is -0.137. The molecular weight excluding hydrogens is 224 g/mol. The molecular formula is C12H23ClN2O. The first-order valence-corrected chi connectivity index (χ1v) is 6.22. The van der Waals surface area contributed by atoms with E-state index in [0.29, 0.717) is 17.9 Å². The van der Waals surface area contributed by atoms with Crippen molar-refractivity contribution < 1.29 is 4.79 Å². The monoisotopic (exact) mass is 246 g/mol. The molecule has 0 aliphatic carbocycles. The Hall–Kier alpha value is -0.280. The molecule has 2 aliphatic rings. The first-order chi connectivity index (χ1) is 7.18. The molecule has 0 saturated carbocycles. The van der Waals surface area contributed by atoms with Crippen LogP contribution in [0.1, 0.15) is 39.5 Å². The van der Waals surface area contributed by atoms with E-state index in [0.717, 1.165) is 19.5 Å². The number of carbonyl (C=O) groups is 1. The van der Waals surface area contributed by atoms with Crippen molar-refractivity contribution in [2.24, 2.45) is 5.92 Å². The topological polar surface area (TPSA) is 32.3 Å². The van der Waals surface area contributed by atoms with E-state index >= 15 is 0 Å². The lowest BCUT2D eigenvalue weighted by Crippen LogP contribution is -2.56. The fourth-order valence-corrected chi connectivity index (χ4v) is 2.53. The third-order valence-corrected chi connectivity index (χ3v) is 3.76. The van der Waals surface area contributed by atoms with E-state index in [9.17, 15) is 4.79 Å². The Kier molecular flexibility index (Phi) is 5.06. The van der Waals surface area contributed by atoms with Crippen LogP contribution in [0.5, 0.6) is 0 Å². The van der Waals surface area contributed by atoms with Crippen LogP contribution >= 0.6 is 12.4 Å². The summed E-state index contributed by atoms with van der Waals surface area (Å²) >= 11 is 0. The van der Waals surface area contributed by atoms with Crippen LogP contribution in [0.2, 0.25) is 0 Å². The van der Waals surface area contributed by atoms with Gasteiger partial charge in [-0.2, -0.15) is 0 Å².